The van der Waals surface area contributed by atoms with E-state index in [1.54, 1.807) is 6.07 Å². The van der Waals surface area contributed by atoms with Crippen LogP contribution < -0.4 is 10.6 Å². The topological polar surface area (TPSA) is 64.9 Å². The summed E-state index contributed by atoms with van der Waals surface area (Å²) in [6, 6.07) is 9.34. The van der Waals surface area contributed by atoms with Crippen LogP contribution in [0.3, 0.4) is 0 Å². The zero-order valence-electron chi connectivity index (χ0n) is 11.9. The van der Waals surface area contributed by atoms with Crippen LogP contribution >= 0.6 is 0 Å². The summed E-state index contributed by atoms with van der Waals surface area (Å²) >= 11 is 0. The number of nitrogens with zero attached hydrogens (tertiary/aromatic N) is 1. The normalized spacial score (nSPS) is 17.0. The lowest BCUT2D eigenvalue weighted by Crippen LogP contribution is -2.44. The predicted molar refractivity (Wildman–Crippen MR) is 79.3 cm³/mol. The van der Waals surface area contributed by atoms with Crippen molar-refractivity contribution >= 4 is 11.6 Å². The van der Waals surface area contributed by atoms with Crippen molar-refractivity contribution in [1.82, 2.24) is 5.32 Å². The molecule has 2 rings (SSSR count). The van der Waals surface area contributed by atoms with Crippen LogP contribution in [0.2, 0.25) is 0 Å². The molecular formula is C16H21N3O. The molecule has 1 atom stereocenters. The third kappa shape index (κ3) is 3.74. The van der Waals surface area contributed by atoms with Gasteiger partial charge in [0.25, 0.3) is 0 Å². The van der Waals surface area contributed by atoms with E-state index in [1.807, 2.05) is 25.1 Å². The van der Waals surface area contributed by atoms with Gasteiger partial charge in [-0.2, -0.15) is 5.26 Å². The Balaban J connectivity index is 1.92. The van der Waals surface area contributed by atoms with Crippen LogP contribution in [-0.2, 0) is 4.79 Å². The van der Waals surface area contributed by atoms with E-state index in [4.69, 9.17) is 5.26 Å². The van der Waals surface area contributed by atoms with Crippen molar-refractivity contribution in [1.29, 1.82) is 5.26 Å². The largest absolute Gasteiger partial charge is 0.373 e. The number of hydrogen-bond acceptors (Lipinski definition) is 3. The van der Waals surface area contributed by atoms with Gasteiger partial charge in [0.05, 0.1) is 11.3 Å². The second-order valence-corrected chi connectivity index (χ2v) is 5.37. The molecule has 1 fully saturated rings. The molecule has 20 heavy (non-hydrogen) atoms. The lowest BCUT2D eigenvalue weighted by molar-refractivity contribution is -0.122. The molecule has 0 radical (unpaired) electrons. The summed E-state index contributed by atoms with van der Waals surface area (Å²) in [5.41, 5.74) is 1.27. The lowest BCUT2D eigenvalue weighted by Gasteiger charge is -2.25. The highest BCUT2D eigenvalue weighted by Crippen LogP contribution is 2.18. The number of para-hydroxylation sites is 1. The Hall–Kier alpha value is -2.02. The van der Waals surface area contributed by atoms with E-state index < -0.39 is 0 Å². The Morgan fingerprint density at radius 1 is 1.30 bits per heavy atom. The van der Waals surface area contributed by atoms with E-state index in [2.05, 4.69) is 16.7 Å². The fraction of sp³-hybridized carbons (Fsp3) is 0.500. The molecule has 4 heteroatoms. The van der Waals surface area contributed by atoms with Crippen molar-refractivity contribution in [2.24, 2.45) is 0 Å². The van der Waals surface area contributed by atoms with Crippen molar-refractivity contribution in [3.05, 3.63) is 29.8 Å². The quantitative estimate of drug-likeness (QED) is 0.885. The highest BCUT2D eigenvalue weighted by atomic mass is 16.2. The number of anilines is 1. The average Bonchev–Trinajstić information content (AvgIpc) is 2.48. The van der Waals surface area contributed by atoms with E-state index in [-0.39, 0.29) is 11.9 Å². The summed E-state index contributed by atoms with van der Waals surface area (Å²) in [7, 11) is 0. The first-order valence-electron chi connectivity index (χ1n) is 7.26. The Labute approximate surface area is 120 Å². The van der Waals surface area contributed by atoms with Gasteiger partial charge < -0.3 is 10.6 Å². The van der Waals surface area contributed by atoms with Crippen molar-refractivity contribution in [2.75, 3.05) is 5.32 Å². The molecule has 1 saturated carbocycles. The lowest BCUT2D eigenvalue weighted by atomic mass is 9.95. The van der Waals surface area contributed by atoms with E-state index in [9.17, 15) is 4.79 Å². The second kappa shape index (κ2) is 6.95. The zero-order valence-corrected chi connectivity index (χ0v) is 11.9. The fourth-order valence-electron chi connectivity index (χ4n) is 2.58. The number of hydrogen-bond donors (Lipinski definition) is 2. The molecule has 4 nitrogen and oxygen atoms in total. The van der Waals surface area contributed by atoms with Crippen LogP contribution in [0.25, 0.3) is 0 Å². The summed E-state index contributed by atoms with van der Waals surface area (Å²) in [5.74, 6) is 0.00430. The SMILES string of the molecule is CC(Nc1ccccc1C#N)C(=O)NC1CCCCC1. The van der Waals surface area contributed by atoms with Gasteiger partial charge in [0.1, 0.15) is 12.1 Å². The van der Waals surface area contributed by atoms with Crippen molar-refractivity contribution in [3.8, 4) is 6.07 Å². The Bertz CT molecular complexity index is 501. The molecule has 1 unspecified atom stereocenters. The van der Waals surface area contributed by atoms with Gasteiger partial charge in [0.15, 0.2) is 0 Å². The molecule has 0 heterocycles. The highest BCUT2D eigenvalue weighted by Gasteiger charge is 2.19. The van der Waals surface area contributed by atoms with Crippen molar-refractivity contribution in [2.45, 2.75) is 51.1 Å². The van der Waals surface area contributed by atoms with E-state index >= 15 is 0 Å². The molecule has 1 aromatic carbocycles. The summed E-state index contributed by atoms with van der Waals surface area (Å²) in [4.78, 5) is 12.2. The van der Waals surface area contributed by atoms with Gasteiger partial charge in [0, 0.05) is 6.04 Å². The third-order valence-electron chi connectivity index (χ3n) is 3.76. The molecule has 2 N–H and O–H groups in total. The van der Waals surface area contributed by atoms with E-state index in [1.165, 1.54) is 19.3 Å². The maximum atomic E-state index is 12.2. The summed E-state index contributed by atoms with van der Waals surface area (Å²) in [5, 5.41) is 15.2. The second-order valence-electron chi connectivity index (χ2n) is 5.37. The Kier molecular flexibility index (Phi) is 5.00. The standard InChI is InChI=1S/C16H21N3O/c1-12(16(20)19-14-8-3-2-4-9-14)18-15-10-6-5-7-13(15)11-17/h5-7,10,12,14,18H,2-4,8-9H2,1H3,(H,19,20). The van der Waals surface area contributed by atoms with Crippen LogP contribution in [0.4, 0.5) is 5.69 Å². The van der Waals surface area contributed by atoms with Gasteiger partial charge in [-0.15, -0.1) is 0 Å². The van der Waals surface area contributed by atoms with Gasteiger partial charge in [-0.25, -0.2) is 0 Å². The van der Waals surface area contributed by atoms with Crippen molar-refractivity contribution < 1.29 is 4.79 Å². The van der Waals surface area contributed by atoms with Gasteiger partial charge in [-0.1, -0.05) is 31.4 Å². The molecule has 0 spiro atoms. The monoisotopic (exact) mass is 271 g/mol. The molecule has 1 aliphatic carbocycles. The number of rotatable bonds is 4. The average molecular weight is 271 g/mol. The van der Waals surface area contributed by atoms with Crippen LogP contribution in [0.15, 0.2) is 24.3 Å². The smallest absolute Gasteiger partial charge is 0.242 e. The number of nitriles is 1. The molecule has 1 amide bonds. The molecule has 106 valence electrons. The van der Waals surface area contributed by atoms with Gasteiger partial charge in [-0.3, -0.25) is 4.79 Å². The molecule has 0 bridgehead atoms. The molecule has 1 aliphatic rings. The first-order chi connectivity index (χ1) is 9.70. The maximum absolute atomic E-state index is 12.2. The van der Waals surface area contributed by atoms with Crippen LogP contribution in [0.1, 0.15) is 44.6 Å². The van der Waals surface area contributed by atoms with E-state index in [0.29, 0.717) is 17.3 Å². The number of amides is 1. The van der Waals surface area contributed by atoms with Crippen LogP contribution in [-0.4, -0.2) is 18.0 Å². The fourth-order valence-corrected chi connectivity index (χ4v) is 2.58. The summed E-state index contributed by atoms with van der Waals surface area (Å²) < 4.78 is 0. The summed E-state index contributed by atoms with van der Waals surface area (Å²) in [6.45, 7) is 1.83. The van der Waals surface area contributed by atoms with Gasteiger partial charge in [-0.05, 0) is 31.9 Å². The molecule has 0 aliphatic heterocycles. The minimum atomic E-state index is -0.341. The maximum Gasteiger partial charge on any atom is 0.242 e. The Morgan fingerprint density at radius 3 is 2.70 bits per heavy atom. The third-order valence-corrected chi connectivity index (χ3v) is 3.76. The predicted octanol–water partition coefficient (Wildman–Crippen LogP) is 2.81. The number of nitrogens with one attached hydrogen (secondary N) is 2. The zero-order chi connectivity index (χ0) is 14.4. The van der Waals surface area contributed by atoms with Crippen LogP contribution in [0.5, 0.6) is 0 Å². The minimum absolute atomic E-state index is 0.00430. The first-order valence-corrected chi connectivity index (χ1v) is 7.26. The minimum Gasteiger partial charge on any atom is -0.373 e. The van der Waals surface area contributed by atoms with Gasteiger partial charge >= 0.3 is 0 Å². The number of carbonyl (C=O) groups is 1. The van der Waals surface area contributed by atoms with E-state index in [0.717, 1.165) is 12.8 Å². The van der Waals surface area contributed by atoms with Crippen LogP contribution in [0, 0.1) is 11.3 Å². The van der Waals surface area contributed by atoms with Gasteiger partial charge in [0.2, 0.25) is 5.91 Å². The molecule has 0 aromatic heterocycles. The Morgan fingerprint density at radius 2 is 2.00 bits per heavy atom. The highest BCUT2D eigenvalue weighted by molar-refractivity contribution is 5.84. The first kappa shape index (κ1) is 14.4. The molecule has 0 saturated heterocycles. The number of benzene rings is 1. The number of carbonyl (C=O) groups excluding carboxylic acids is 1. The molecular weight excluding hydrogens is 250 g/mol. The molecule has 1 aromatic rings. The summed E-state index contributed by atoms with van der Waals surface area (Å²) in [6.07, 6.45) is 5.82. The van der Waals surface area contributed by atoms with Crippen molar-refractivity contribution in [3.63, 3.8) is 0 Å².